The summed E-state index contributed by atoms with van der Waals surface area (Å²) in [7, 11) is 1.32. The number of alkyl halides is 3. The van der Waals surface area contributed by atoms with Gasteiger partial charge in [-0.15, -0.1) is 0 Å². The molecule has 0 unspecified atom stereocenters. The summed E-state index contributed by atoms with van der Waals surface area (Å²) >= 11 is 0. The summed E-state index contributed by atoms with van der Waals surface area (Å²) in [5.41, 5.74) is 0. The minimum Gasteiger partial charge on any atom is -0.469 e. The van der Waals surface area contributed by atoms with Gasteiger partial charge >= 0.3 is 18.2 Å². The number of amides is 2. The number of methoxy groups -OCH3 is 1. The second kappa shape index (κ2) is 9.59. The van der Waals surface area contributed by atoms with Crippen LogP contribution >= 0.6 is 0 Å². The summed E-state index contributed by atoms with van der Waals surface area (Å²) in [5, 5.41) is 2.73. The number of unbranched alkanes of at least 4 members (excludes halogenated alkanes) is 1. The van der Waals surface area contributed by atoms with Gasteiger partial charge < -0.3 is 15.0 Å². The Morgan fingerprint density at radius 1 is 1.13 bits per heavy atom. The quantitative estimate of drug-likeness (QED) is 0.590. The third-order valence-electron chi connectivity index (χ3n) is 3.59. The van der Waals surface area contributed by atoms with Crippen molar-refractivity contribution < 1.29 is 27.5 Å². The van der Waals surface area contributed by atoms with Gasteiger partial charge in [0.1, 0.15) is 0 Å². The van der Waals surface area contributed by atoms with Crippen LogP contribution in [0.3, 0.4) is 0 Å². The minimum absolute atomic E-state index is 0.218. The molecule has 23 heavy (non-hydrogen) atoms. The van der Waals surface area contributed by atoms with E-state index < -0.39 is 12.7 Å². The van der Waals surface area contributed by atoms with Gasteiger partial charge in [0.2, 0.25) is 0 Å². The first kappa shape index (κ1) is 19.5. The predicted octanol–water partition coefficient (Wildman–Crippen LogP) is 1.61. The highest BCUT2D eigenvalue weighted by Crippen LogP contribution is 2.17. The molecule has 1 aliphatic rings. The molecule has 1 heterocycles. The third kappa shape index (κ3) is 8.63. The van der Waals surface area contributed by atoms with Crippen molar-refractivity contribution in [3.8, 4) is 0 Å². The topological polar surface area (TPSA) is 61.9 Å². The molecule has 0 bridgehead atoms. The van der Waals surface area contributed by atoms with E-state index in [-0.39, 0.29) is 25.1 Å². The lowest BCUT2D eigenvalue weighted by Gasteiger charge is -2.23. The summed E-state index contributed by atoms with van der Waals surface area (Å²) < 4.78 is 41.7. The van der Waals surface area contributed by atoms with Crippen molar-refractivity contribution in [1.29, 1.82) is 0 Å². The molecule has 0 spiro atoms. The Bertz CT molecular complexity index is 391. The Morgan fingerprint density at radius 2 is 1.87 bits per heavy atom. The molecule has 1 N–H and O–H groups in total. The average molecular weight is 339 g/mol. The van der Waals surface area contributed by atoms with E-state index in [4.69, 9.17) is 0 Å². The van der Waals surface area contributed by atoms with E-state index in [9.17, 15) is 22.8 Å². The molecule has 2 amide bonds. The maximum atomic E-state index is 12.4. The fourth-order valence-electron chi connectivity index (χ4n) is 2.39. The number of carbonyl (C=O) groups is 2. The van der Waals surface area contributed by atoms with Gasteiger partial charge in [-0.05, 0) is 19.3 Å². The van der Waals surface area contributed by atoms with Gasteiger partial charge in [0, 0.05) is 39.1 Å². The monoisotopic (exact) mass is 339 g/mol. The van der Waals surface area contributed by atoms with E-state index in [0.717, 1.165) is 0 Å². The molecule has 0 aromatic rings. The van der Waals surface area contributed by atoms with E-state index in [1.54, 1.807) is 0 Å². The number of nitrogens with one attached hydrogen (secondary N) is 1. The molecule has 6 nitrogen and oxygen atoms in total. The zero-order chi connectivity index (χ0) is 17.3. The number of hydrogen-bond donors (Lipinski definition) is 1. The van der Waals surface area contributed by atoms with Crippen LogP contribution in [0.2, 0.25) is 0 Å². The third-order valence-corrected chi connectivity index (χ3v) is 3.59. The fraction of sp³-hybridized carbons (Fsp3) is 0.857. The van der Waals surface area contributed by atoms with Crippen molar-refractivity contribution in [1.82, 2.24) is 15.1 Å². The lowest BCUT2D eigenvalue weighted by molar-refractivity contribution is -0.145. The van der Waals surface area contributed by atoms with Crippen LogP contribution in [0.25, 0.3) is 0 Å². The standard InChI is InChI=1S/C14H24F3N3O3/c1-23-12(21)5-2-3-6-18-13(22)20-8-4-7-19(9-10-20)11-14(15,16)17/h2-11H2,1H3,(H,18,22). The van der Waals surface area contributed by atoms with Gasteiger partial charge in [-0.3, -0.25) is 9.69 Å². The smallest absolute Gasteiger partial charge is 0.401 e. The molecule has 0 aromatic heterocycles. The molecule has 134 valence electrons. The van der Waals surface area contributed by atoms with E-state index in [0.29, 0.717) is 45.3 Å². The summed E-state index contributed by atoms with van der Waals surface area (Å²) in [6.07, 6.45) is -2.12. The van der Waals surface area contributed by atoms with Gasteiger partial charge in [0.25, 0.3) is 0 Å². The molecule has 0 saturated carbocycles. The predicted molar refractivity (Wildman–Crippen MR) is 78.0 cm³/mol. The zero-order valence-corrected chi connectivity index (χ0v) is 13.3. The van der Waals surface area contributed by atoms with Crippen molar-refractivity contribution in [3.63, 3.8) is 0 Å². The van der Waals surface area contributed by atoms with E-state index in [1.807, 2.05) is 0 Å². The molecule has 1 fully saturated rings. The second-order valence-corrected chi connectivity index (χ2v) is 5.50. The number of carbonyl (C=O) groups excluding carboxylic acids is 2. The number of rotatable bonds is 6. The maximum Gasteiger partial charge on any atom is 0.401 e. The van der Waals surface area contributed by atoms with Crippen molar-refractivity contribution >= 4 is 12.0 Å². The highest BCUT2D eigenvalue weighted by molar-refractivity contribution is 5.74. The Labute approximate surface area is 133 Å². The summed E-state index contributed by atoms with van der Waals surface area (Å²) in [6.45, 7) is 0.776. The molecule has 0 aromatic carbocycles. The number of esters is 1. The highest BCUT2D eigenvalue weighted by atomic mass is 19.4. The van der Waals surface area contributed by atoms with Crippen molar-refractivity contribution in [3.05, 3.63) is 0 Å². The second-order valence-electron chi connectivity index (χ2n) is 5.50. The molecular formula is C14H24F3N3O3. The van der Waals surface area contributed by atoms with Gasteiger partial charge in [0.05, 0.1) is 13.7 Å². The van der Waals surface area contributed by atoms with Crippen LogP contribution in [0.5, 0.6) is 0 Å². The summed E-state index contributed by atoms with van der Waals surface area (Å²) in [6, 6.07) is -0.267. The Morgan fingerprint density at radius 3 is 2.52 bits per heavy atom. The number of urea groups is 1. The van der Waals surface area contributed by atoms with Crippen LogP contribution < -0.4 is 5.32 Å². The first-order chi connectivity index (χ1) is 10.8. The number of ether oxygens (including phenoxy) is 1. The van der Waals surface area contributed by atoms with Crippen molar-refractivity contribution in [2.24, 2.45) is 0 Å². The molecule has 0 radical (unpaired) electrons. The van der Waals surface area contributed by atoms with Crippen LogP contribution in [0, 0.1) is 0 Å². The SMILES string of the molecule is COC(=O)CCCCNC(=O)N1CCCN(CC(F)(F)F)CC1. The average Bonchev–Trinajstić information content (AvgIpc) is 2.70. The number of hydrogen-bond acceptors (Lipinski definition) is 4. The van der Waals surface area contributed by atoms with Gasteiger partial charge in [-0.2, -0.15) is 13.2 Å². The molecule has 1 rings (SSSR count). The van der Waals surface area contributed by atoms with Gasteiger partial charge in [-0.1, -0.05) is 0 Å². The fourth-order valence-corrected chi connectivity index (χ4v) is 2.39. The molecule has 1 aliphatic heterocycles. The van der Waals surface area contributed by atoms with Crippen LogP contribution in [-0.2, 0) is 9.53 Å². The molecule has 9 heteroatoms. The first-order valence-corrected chi connectivity index (χ1v) is 7.70. The minimum atomic E-state index is -4.21. The lowest BCUT2D eigenvalue weighted by atomic mass is 10.2. The van der Waals surface area contributed by atoms with Crippen LogP contribution in [0.1, 0.15) is 25.7 Å². The number of halogens is 3. The largest absolute Gasteiger partial charge is 0.469 e. The number of nitrogens with zero attached hydrogens (tertiary/aromatic N) is 2. The van der Waals surface area contributed by atoms with Crippen LogP contribution in [0.15, 0.2) is 0 Å². The van der Waals surface area contributed by atoms with Crippen molar-refractivity contribution in [2.75, 3.05) is 46.4 Å². The van der Waals surface area contributed by atoms with E-state index in [1.165, 1.54) is 16.9 Å². The molecule has 0 atom stereocenters. The van der Waals surface area contributed by atoms with E-state index in [2.05, 4.69) is 10.1 Å². The Kier molecular flexibility index (Phi) is 8.15. The normalized spacial score (nSPS) is 16.8. The summed E-state index contributed by atoms with van der Waals surface area (Å²) in [4.78, 5) is 25.8. The molecule has 1 saturated heterocycles. The lowest BCUT2D eigenvalue weighted by Crippen LogP contribution is -2.43. The first-order valence-electron chi connectivity index (χ1n) is 7.70. The molecule has 0 aliphatic carbocycles. The zero-order valence-electron chi connectivity index (χ0n) is 13.3. The van der Waals surface area contributed by atoms with Crippen LogP contribution in [-0.4, -0.2) is 74.4 Å². The molecular weight excluding hydrogens is 315 g/mol. The van der Waals surface area contributed by atoms with Gasteiger partial charge in [0.15, 0.2) is 0 Å². The maximum absolute atomic E-state index is 12.4. The van der Waals surface area contributed by atoms with Gasteiger partial charge in [-0.25, -0.2) is 4.79 Å². The Balaban J connectivity index is 2.22. The Hall–Kier alpha value is -1.51. The van der Waals surface area contributed by atoms with Crippen molar-refractivity contribution in [2.45, 2.75) is 31.9 Å². The van der Waals surface area contributed by atoms with E-state index >= 15 is 0 Å². The highest BCUT2D eigenvalue weighted by Gasteiger charge is 2.31. The van der Waals surface area contributed by atoms with Crippen LogP contribution in [0.4, 0.5) is 18.0 Å². The summed E-state index contributed by atoms with van der Waals surface area (Å²) in [5.74, 6) is -0.284.